The molecule has 0 saturated heterocycles. The Morgan fingerprint density at radius 2 is 0.962 bits per heavy atom. The summed E-state index contributed by atoms with van der Waals surface area (Å²) in [7, 11) is -0.736. The van der Waals surface area contributed by atoms with Crippen LogP contribution in [0.4, 0.5) is 0 Å². The molecule has 0 unspecified atom stereocenters. The second kappa shape index (κ2) is 13.6. The fourth-order valence-corrected chi connectivity index (χ4v) is 16.2. The summed E-state index contributed by atoms with van der Waals surface area (Å²) in [4.78, 5) is 0. The second-order valence-corrected chi connectivity index (χ2v) is 20.6. The van der Waals surface area contributed by atoms with Crippen LogP contribution in [0.5, 0.6) is 0 Å². The van der Waals surface area contributed by atoms with Crippen LogP contribution in [-0.2, 0) is 17.4 Å². The normalized spacial score (nSPS) is 13.4. The molecule has 158 valence electrons. The quantitative estimate of drug-likeness (QED) is 0.200. The van der Waals surface area contributed by atoms with Gasteiger partial charge in [0.2, 0.25) is 0 Å². The van der Waals surface area contributed by atoms with Gasteiger partial charge in [-0.25, -0.2) is 0 Å². The lowest BCUT2D eigenvalue weighted by molar-refractivity contribution is 0.125. The summed E-state index contributed by atoms with van der Waals surface area (Å²) < 4.78 is 23.4. The highest BCUT2D eigenvalue weighted by Gasteiger charge is 2.41. The molecular weight excluding hydrogens is 376 g/mol. The van der Waals surface area contributed by atoms with E-state index in [0.29, 0.717) is 0 Å². The zero-order valence-electron chi connectivity index (χ0n) is 18.9. The van der Waals surface area contributed by atoms with Gasteiger partial charge < -0.3 is 17.4 Å². The van der Waals surface area contributed by atoms with Gasteiger partial charge in [0.1, 0.15) is 0 Å². The summed E-state index contributed by atoms with van der Waals surface area (Å²) in [6.45, 7) is 11.7. The van der Waals surface area contributed by atoms with Crippen LogP contribution in [0.2, 0.25) is 44.3 Å². The van der Waals surface area contributed by atoms with Crippen molar-refractivity contribution < 1.29 is 17.4 Å². The standard InChI is InChI=1S/C19H46O4Si3/c1-9-10-11-12-13-14-15-16-17-24(5,6)23-25(7,8)18-19-26(20-2,21-3)22-4/h9-19H2,1-8H3. The van der Waals surface area contributed by atoms with E-state index in [1.165, 1.54) is 57.4 Å². The van der Waals surface area contributed by atoms with Crippen LogP contribution >= 0.6 is 0 Å². The average molecular weight is 423 g/mol. The first-order valence-corrected chi connectivity index (χ1v) is 18.7. The van der Waals surface area contributed by atoms with E-state index in [1.54, 1.807) is 21.3 Å². The number of unbranched alkanes of at least 4 members (excludes halogenated alkanes) is 7. The predicted octanol–water partition coefficient (Wildman–Crippen LogP) is 6.43. The number of rotatable bonds is 17. The molecule has 0 aliphatic heterocycles. The summed E-state index contributed by atoms with van der Waals surface area (Å²) in [5.74, 6) is 0. The third-order valence-electron chi connectivity index (χ3n) is 5.15. The van der Waals surface area contributed by atoms with Gasteiger partial charge in [0.15, 0.2) is 16.6 Å². The summed E-state index contributed by atoms with van der Waals surface area (Å²) in [5, 5.41) is 0. The highest BCUT2D eigenvalue weighted by Crippen LogP contribution is 2.28. The Balaban J connectivity index is 4.16. The Morgan fingerprint density at radius 3 is 1.42 bits per heavy atom. The van der Waals surface area contributed by atoms with Gasteiger partial charge in [0, 0.05) is 27.4 Å². The monoisotopic (exact) mass is 422 g/mol. The maximum atomic E-state index is 6.75. The van der Waals surface area contributed by atoms with E-state index in [2.05, 4.69) is 33.1 Å². The molecule has 0 aromatic carbocycles. The lowest BCUT2D eigenvalue weighted by Crippen LogP contribution is -2.48. The van der Waals surface area contributed by atoms with Crippen molar-refractivity contribution in [2.45, 2.75) is 103 Å². The van der Waals surface area contributed by atoms with Crippen molar-refractivity contribution in [2.75, 3.05) is 21.3 Å². The number of hydrogen-bond acceptors (Lipinski definition) is 4. The van der Waals surface area contributed by atoms with E-state index in [-0.39, 0.29) is 0 Å². The van der Waals surface area contributed by atoms with Crippen LogP contribution in [0.25, 0.3) is 0 Å². The first-order valence-electron chi connectivity index (χ1n) is 10.5. The largest absolute Gasteiger partial charge is 0.499 e. The highest BCUT2D eigenvalue weighted by molar-refractivity contribution is 6.85. The van der Waals surface area contributed by atoms with Gasteiger partial charge >= 0.3 is 8.80 Å². The molecule has 0 radical (unpaired) electrons. The molecular formula is C19H46O4Si3. The topological polar surface area (TPSA) is 36.9 Å². The van der Waals surface area contributed by atoms with Crippen molar-refractivity contribution >= 4 is 25.4 Å². The molecule has 0 amide bonds. The number of hydrogen-bond donors (Lipinski definition) is 0. The third-order valence-corrected chi connectivity index (χ3v) is 15.8. The second-order valence-electron chi connectivity index (χ2n) is 8.64. The maximum Gasteiger partial charge on any atom is 0.499 e. The fraction of sp³-hybridized carbons (Fsp3) is 1.00. The van der Waals surface area contributed by atoms with E-state index in [1.807, 2.05) is 0 Å². The minimum atomic E-state index is -2.48. The van der Waals surface area contributed by atoms with E-state index < -0.39 is 25.4 Å². The molecule has 0 heterocycles. The SMILES string of the molecule is CCCCCCCCCC[Si](C)(C)O[Si](C)(C)CC[Si](OC)(OC)OC. The van der Waals surface area contributed by atoms with Crippen LogP contribution in [0.1, 0.15) is 58.3 Å². The van der Waals surface area contributed by atoms with Crippen molar-refractivity contribution in [2.24, 2.45) is 0 Å². The van der Waals surface area contributed by atoms with E-state index in [9.17, 15) is 0 Å². The van der Waals surface area contributed by atoms with E-state index in [0.717, 1.165) is 12.1 Å². The zero-order valence-corrected chi connectivity index (χ0v) is 21.9. The maximum absolute atomic E-state index is 6.75. The van der Waals surface area contributed by atoms with Gasteiger partial charge in [-0.05, 0) is 38.3 Å². The Labute approximate surface area is 167 Å². The van der Waals surface area contributed by atoms with Gasteiger partial charge in [-0.15, -0.1) is 0 Å². The lowest BCUT2D eigenvalue weighted by Gasteiger charge is -2.35. The first-order chi connectivity index (χ1) is 12.2. The van der Waals surface area contributed by atoms with Gasteiger partial charge in [-0.2, -0.15) is 0 Å². The Hall–Kier alpha value is 0.491. The smallest absolute Gasteiger partial charge is 0.456 e. The van der Waals surface area contributed by atoms with Crippen molar-refractivity contribution in [3.63, 3.8) is 0 Å². The average Bonchev–Trinajstić information content (AvgIpc) is 2.58. The van der Waals surface area contributed by atoms with Crippen LogP contribution in [0, 0.1) is 0 Å². The van der Waals surface area contributed by atoms with Gasteiger partial charge in [0.05, 0.1) is 0 Å². The van der Waals surface area contributed by atoms with Gasteiger partial charge in [-0.3, -0.25) is 0 Å². The van der Waals surface area contributed by atoms with E-state index >= 15 is 0 Å². The lowest BCUT2D eigenvalue weighted by atomic mass is 10.1. The molecule has 0 aromatic heterocycles. The van der Waals surface area contributed by atoms with Crippen LogP contribution in [0.3, 0.4) is 0 Å². The van der Waals surface area contributed by atoms with Crippen LogP contribution in [0.15, 0.2) is 0 Å². The van der Waals surface area contributed by atoms with Crippen LogP contribution < -0.4 is 0 Å². The van der Waals surface area contributed by atoms with Gasteiger partial charge in [-0.1, -0.05) is 58.3 Å². The van der Waals surface area contributed by atoms with Crippen molar-refractivity contribution in [1.29, 1.82) is 0 Å². The molecule has 0 aliphatic carbocycles. The molecule has 4 nitrogen and oxygen atoms in total. The Bertz CT molecular complexity index is 339. The van der Waals surface area contributed by atoms with Gasteiger partial charge in [0.25, 0.3) is 0 Å². The van der Waals surface area contributed by atoms with E-state index in [4.69, 9.17) is 17.4 Å². The predicted molar refractivity (Wildman–Crippen MR) is 120 cm³/mol. The summed E-state index contributed by atoms with van der Waals surface area (Å²) >= 11 is 0. The van der Waals surface area contributed by atoms with Crippen molar-refractivity contribution in [3.8, 4) is 0 Å². The van der Waals surface area contributed by atoms with Crippen LogP contribution in [-0.4, -0.2) is 46.8 Å². The first kappa shape index (κ1) is 26.5. The zero-order chi connectivity index (χ0) is 20.1. The molecule has 0 aliphatic rings. The molecule has 0 N–H and O–H groups in total. The Morgan fingerprint density at radius 1 is 0.538 bits per heavy atom. The minimum Gasteiger partial charge on any atom is -0.456 e. The highest BCUT2D eigenvalue weighted by atomic mass is 28.4. The molecule has 0 bridgehead atoms. The Kier molecular flexibility index (Phi) is 13.9. The molecule has 0 atom stereocenters. The summed E-state index contributed by atoms with van der Waals surface area (Å²) in [5.41, 5.74) is 0. The molecule has 0 fully saturated rings. The van der Waals surface area contributed by atoms with Crippen molar-refractivity contribution in [1.82, 2.24) is 0 Å². The molecule has 26 heavy (non-hydrogen) atoms. The minimum absolute atomic E-state index is 0.845. The fourth-order valence-electron chi connectivity index (χ4n) is 3.54. The third kappa shape index (κ3) is 12.0. The summed E-state index contributed by atoms with van der Waals surface area (Å²) in [6, 6.07) is 3.15. The molecule has 0 aromatic rings. The molecule has 0 rings (SSSR count). The van der Waals surface area contributed by atoms with Crippen molar-refractivity contribution in [3.05, 3.63) is 0 Å². The molecule has 7 heteroatoms. The molecule has 0 saturated carbocycles. The molecule has 0 spiro atoms. The summed E-state index contributed by atoms with van der Waals surface area (Å²) in [6.07, 6.45) is 11.0.